The molecule has 3 heteroatoms. The van der Waals surface area contributed by atoms with E-state index in [1.807, 2.05) is 0 Å². The van der Waals surface area contributed by atoms with Crippen LogP contribution >= 0.6 is 0 Å². The van der Waals surface area contributed by atoms with Gasteiger partial charge in [-0.1, -0.05) is 42.5 Å². The molecule has 0 bridgehead atoms. The number of benzene rings is 3. The Morgan fingerprint density at radius 1 is 0.675 bits per heavy atom. The molecular formula is C37H33N3+2. The van der Waals surface area contributed by atoms with Gasteiger partial charge in [0.1, 0.15) is 0 Å². The fourth-order valence-electron chi connectivity index (χ4n) is 6.53. The van der Waals surface area contributed by atoms with Crippen LogP contribution in [0.4, 0.5) is 0 Å². The average Bonchev–Trinajstić information content (AvgIpc) is 2.93. The van der Waals surface area contributed by atoms with Crippen molar-refractivity contribution >= 4 is 27.6 Å². The Hall–Kier alpha value is -4.63. The maximum atomic E-state index is 4.75. The van der Waals surface area contributed by atoms with Gasteiger partial charge in [0.2, 0.25) is 11.4 Å². The van der Waals surface area contributed by atoms with Crippen LogP contribution in [0.15, 0.2) is 97.3 Å². The van der Waals surface area contributed by atoms with E-state index < -0.39 is 0 Å². The highest BCUT2D eigenvalue weighted by Gasteiger charge is 2.27. The smallest absolute Gasteiger partial charge is 0.258 e. The molecular weight excluding hydrogens is 486 g/mol. The maximum absolute atomic E-state index is 4.75. The van der Waals surface area contributed by atoms with Crippen molar-refractivity contribution in [3.63, 3.8) is 0 Å². The molecule has 194 valence electrons. The summed E-state index contributed by atoms with van der Waals surface area (Å²) in [5, 5.41) is 5.01. The van der Waals surface area contributed by atoms with Gasteiger partial charge in [0.15, 0.2) is 12.4 Å². The highest BCUT2D eigenvalue weighted by Crippen LogP contribution is 2.36. The lowest BCUT2D eigenvalue weighted by molar-refractivity contribution is -0.903. The second-order valence-electron chi connectivity index (χ2n) is 11.1. The van der Waals surface area contributed by atoms with Crippen LogP contribution in [0.25, 0.3) is 50.1 Å². The van der Waals surface area contributed by atoms with E-state index in [0.717, 1.165) is 17.8 Å². The highest BCUT2D eigenvalue weighted by atomic mass is 15.1. The van der Waals surface area contributed by atoms with E-state index in [2.05, 4.69) is 140 Å². The van der Waals surface area contributed by atoms with Crippen LogP contribution in [-0.2, 0) is 13.1 Å². The lowest BCUT2D eigenvalue weighted by atomic mass is 9.91. The zero-order chi connectivity index (χ0) is 27.4. The molecule has 0 radical (unpaired) electrons. The summed E-state index contributed by atoms with van der Waals surface area (Å²) in [6.45, 7) is 9.35. The van der Waals surface area contributed by atoms with Crippen molar-refractivity contribution in [3.8, 4) is 22.5 Å². The van der Waals surface area contributed by atoms with E-state index in [1.165, 1.54) is 66.3 Å². The standard InChI is InChI=1S/C37H33N3/c1-24-20-25(2)29-13-9-11-28-10-5-6-12-31(28)36-14-7-8-18-39(36)23-40-19-17-32-33(37(40)35(29)21-24)16-15-30-27(4)38-26(3)22-34(30)32/h5-10,12-22H,11,23H2,1-4H3/q+2. The Bertz CT molecular complexity index is 2000. The number of hydrogen-bond donors (Lipinski definition) is 0. The Kier molecular flexibility index (Phi) is 5.82. The third-order valence-corrected chi connectivity index (χ3v) is 8.29. The minimum Gasteiger partial charge on any atom is -0.258 e. The molecule has 7 rings (SSSR count). The lowest BCUT2D eigenvalue weighted by Gasteiger charge is -2.15. The molecule has 3 nitrogen and oxygen atoms in total. The fourth-order valence-corrected chi connectivity index (χ4v) is 6.53. The molecule has 0 atom stereocenters. The second kappa shape index (κ2) is 9.53. The zero-order valence-corrected chi connectivity index (χ0v) is 23.6. The summed E-state index contributed by atoms with van der Waals surface area (Å²) in [6, 6.07) is 29.1. The van der Waals surface area contributed by atoms with Crippen LogP contribution in [0, 0.1) is 27.7 Å². The maximum Gasteiger partial charge on any atom is 0.344 e. The molecule has 0 saturated carbocycles. The van der Waals surface area contributed by atoms with Gasteiger partial charge in [-0.05, 0) is 92.1 Å². The molecule has 3 aromatic heterocycles. The lowest BCUT2D eigenvalue weighted by Crippen LogP contribution is -2.53. The quantitative estimate of drug-likeness (QED) is 0.149. The van der Waals surface area contributed by atoms with Crippen molar-refractivity contribution < 1.29 is 9.13 Å². The van der Waals surface area contributed by atoms with Crippen LogP contribution in [0.1, 0.15) is 33.6 Å². The van der Waals surface area contributed by atoms with Crippen LogP contribution < -0.4 is 9.13 Å². The van der Waals surface area contributed by atoms with Crippen molar-refractivity contribution in [2.45, 2.75) is 40.8 Å². The summed E-state index contributed by atoms with van der Waals surface area (Å²) in [6.07, 6.45) is 10.0. The molecule has 0 aliphatic carbocycles. The van der Waals surface area contributed by atoms with Gasteiger partial charge >= 0.3 is 6.67 Å². The van der Waals surface area contributed by atoms with Gasteiger partial charge in [-0.25, -0.2) is 0 Å². The van der Waals surface area contributed by atoms with Crippen LogP contribution in [0.3, 0.4) is 0 Å². The summed E-state index contributed by atoms with van der Waals surface area (Å²) in [7, 11) is 0. The molecule has 3 aromatic carbocycles. The van der Waals surface area contributed by atoms with Gasteiger partial charge in [0, 0.05) is 45.9 Å². The first kappa shape index (κ1) is 24.4. The number of hydrogen-bond acceptors (Lipinski definition) is 1. The predicted octanol–water partition coefficient (Wildman–Crippen LogP) is 7.61. The van der Waals surface area contributed by atoms with Crippen molar-refractivity contribution in [1.82, 2.24) is 4.98 Å². The predicted molar refractivity (Wildman–Crippen MR) is 164 cm³/mol. The first-order valence-corrected chi connectivity index (χ1v) is 14.1. The van der Waals surface area contributed by atoms with E-state index in [4.69, 9.17) is 4.98 Å². The SMILES string of the molecule is Cc1cc(C)c2c(c1)-c1c3ccc4c(C)nc(C)cc4c3cc[n+]1C[n+]1ccccc1-c1ccccc1CC=C2. The normalized spacial score (nSPS) is 12.7. The van der Waals surface area contributed by atoms with E-state index in [9.17, 15) is 0 Å². The Morgan fingerprint density at radius 2 is 1.50 bits per heavy atom. The first-order chi connectivity index (χ1) is 19.5. The fraction of sp³-hybridized carbons (Fsp3) is 0.162. The molecule has 0 N–H and O–H groups in total. The van der Waals surface area contributed by atoms with Crippen LogP contribution in [-0.4, -0.2) is 4.98 Å². The number of rotatable bonds is 0. The minimum absolute atomic E-state index is 0.707. The van der Waals surface area contributed by atoms with Crippen LogP contribution in [0.2, 0.25) is 0 Å². The number of nitrogens with zero attached hydrogens (tertiary/aromatic N) is 3. The van der Waals surface area contributed by atoms with Gasteiger partial charge < -0.3 is 0 Å². The summed E-state index contributed by atoms with van der Waals surface area (Å²) in [5.74, 6) is 0. The average molecular weight is 520 g/mol. The van der Waals surface area contributed by atoms with E-state index in [0.29, 0.717) is 6.67 Å². The molecule has 0 spiro atoms. The van der Waals surface area contributed by atoms with Crippen LogP contribution in [0.5, 0.6) is 0 Å². The largest absolute Gasteiger partial charge is 0.344 e. The number of fused-ring (bicyclic) bond motifs is 10. The first-order valence-electron chi connectivity index (χ1n) is 14.1. The molecule has 40 heavy (non-hydrogen) atoms. The number of pyridine rings is 3. The Balaban J connectivity index is 1.61. The zero-order valence-electron chi connectivity index (χ0n) is 23.6. The van der Waals surface area contributed by atoms with Crippen molar-refractivity contribution in [2.75, 3.05) is 0 Å². The monoisotopic (exact) mass is 519 g/mol. The summed E-state index contributed by atoms with van der Waals surface area (Å²) in [4.78, 5) is 4.75. The molecule has 0 amide bonds. The van der Waals surface area contributed by atoms with Crippen molar-refractivity contribution in [1.29, 1.82) is 0 Å². The third kappa shape index (κ3) is 4.01. The molecule has 4 heterocycles. The van der Waals surface area contributed by atoms with Crippen molar-refractivity contribution in [3.05, 3.63) is 131 Å². The number of aryl methyl sites for hydroxylation is 4. The molecule has 0 unspecified atom stereocenters. The molecule has 6 aromatic rings. The molecule has 0 fully saturated rings. The minimum atomic E-state index is 0.707. The summed E-state index contributed by atoms with van der Waals surface area (Å²) in [5.41, 5.74) is 12.3. The topological polar surface area (TPSA) is 20.6 Å². The molecule has 1 aliphatic rings. The third-order valence-electron chi connectivity index (χ3n) is 8.29. The number of allylic oxidation sites excluding steroid dienone is 1. The summed E-state index contributed by atoms with van der Waals surface area (Å²) >= 11 is 0. The summed E-state index contributed by atoms with van der Waals surface area (Å²) < 4.78 is 4.80. The highest BCUT2D eigenvalue weighted by molar-refractivity contribution is 6.11. The Morgan fingerprint density at radius 3 is 2.40 bits per heavy atom. The van der Waals surface area contributed by atoms with Gasteiger partial charge in [0.05, 0.1) is 10.9 Å². The Labute approximate surface area is 235 Å². The van der Waals surface area contributed by atoms with E-state index in [1.54, 1.807) is 0 Å². The van der Waals surface area contributed by atoms with E-state index >= 15 is 0 Å². The molecule has 1 aliphatic heterocycles. The molecule has 0 saturated heterocycles. The van der Waals surface area contributed by atoms with Gasteiger partial charge in [-0.2, -0.15) is 0 Å². The van der Waals surface area contributed by atoms with Gasteiger partial charge in [-0.3, -0.25) is 4.98 Å². The van der Waals surface area contributed by atoms with Gasteiger partial charge in [0.25, 0.3) is 0 Å². The van der Waals surface area contributed by atoms with Gasteiger partial charge in [-0.15, -0.1) is 9.13 Å². The number of aromatic nitrogens is 3. The second-order valence-corrected chi connectivity index (χ2v) is 11.1. The van der Waals surface area contributed by atoms with Crippen molar-refractivity contribution in [2.24, 2.45) is 0 Å². The van der Waals surface area contributed by atoms with E-state index in [-0.39, 0.29) is 0 Å².